The van der Waals surface area contributed by atoms with Crippen molar-refractivity contribution in [1.82, 2.24) is 25.2 Å². The molecule has 2 aliphatic heterocycles. The van der Waals surface area contributed by atoms with Crippen LogP contribution in [0.25, 0.3) is 17.1 Å². The highest BCUT2D eigenvalue weighted by atomic mass is 32.2. The molecule has 0 saturated carbocycles. The van der Waals surface area contributed by atoms with E-state index < -0.39 is 5.51 Å². The molecule has 5 rings (SSSR count). The largest absolute Gasteiger partial charge is 0.446 e. The Morgan fingerprint density at radius 2 is 1.61 bits per heavy atom. The van der Waals surface area contributed by atoms with E-state index >= 15 is 0 Å². The predicted molar refractivity (Wildman–Crippen MR) is 130 cm³/mol. The Morgan fingerprint density at radius 3 is 2.28 bits per heavy atom. The number of carbonyl (C=O) groups excluding carboxylic acids is 2. The molecule has 7 nitrogen and oxygen atoms in total. The maximum absolute atomic E-state index is 13.1. The Hall–Kier alpha value is -3.34. The summed E-state index contributed by atoms with van der Waals surface area (Å²) in [7, 11) is 0. The van der Waals surface area contributed by atoms with Gasteiger partial charge in [-0.05, 0) is 78.4 Å². The lowest BCUT2D eigenvalue weighted by Crippen LogP contribution is -2.33. The van der Waals surface area contributed by atoms with E-state index in [0.29, 0.717) is 54.7 Å². The number of H-pyrrole nitrogens is 1. The van der Waals surface area contributed by atoms with E-state index in [-0.39, 0.29) is 28.5 Å². The number of hydrogen-bond acceptors (Lipinski definition) is 5. The predicted octanol–water partition coefficient (Wildman–Crippen LogP) is 4.59. The average Bonchev–Trinajstić information content (AvgIpc) is 3.44. The molecule has 2 aromatic carbocycles. The first-order chi connectivity index (χ1) is 17.2. The first-order valence-electron chi connectivity index (χ1n) is 11.7. The number of aromatic nitrogens is 3. The summed E-state index contributed by atoms with van der Waals surface area (Å²) >= 11 is -0.162. The van der Waals surface area contributed by atoms with Gasteiger partial charge in [-0.1, -0.05) is 12.1 Å². The van der Waals surface area contributed by atoms with Gasteiger partial charge in [-0.15, -0.1) is 0 Å². The van der Waals surface area contributed by atoms with Crippen molar-refractivity contribution in [1.29, 1.82) is 0 Å². The quantitative estimate of drug-likeness (QED) is 0.406. The van der Waals surface area contributed by atoms with Gasteiger partial charge in [0.1, 0.15) is 11.0 Å². The molecule has 3 heterocycles. The van der Waals surface area contributed by atoms with Crippen molar-refractivity contribution >= 4 is 40.7 Å². The molecular formula is C25H24F3N5O2S. The van der Waals surface area contributed by atoms with Gasteiger partial charge in [-0.3, -0.25) is 9.59 Å². The SMILES string of the molecule is O=C(/C=C/c1ccc(SC(F)(F)F)cc1)N1CCC2CN(C(=O)c3ccc4n[nH]nc4c3)C[C@H]2CC1. The first-order valence-corrected chi connectivity index (χ1v) is 12.5. The fourth-order valence-electron chi connectivity index (χ4n) is 4.94. The van der Waals surface area contributed by atoms with Crippen molar-refractivity contribution in [3.63, 3.8) is 0 Å². The number of carbonyl (C=O) groups is 2. The molecule has 2 saturated heterocycles. The van der Waals surface area contributed by atoms with Crippen LogP contribution in [0.5, 0.6) is 0 Å². The lowest BCUT2D eigenvalue weighted by molar-refractivity contribution is -0.126. The number of amides is 2. The lowest BCUT2D eigenvalue weighted by atomic mass is 9.92. The van der Waals surface area contributed by atoms with Gasteiger partial charge >= 0.3 is 5.51 Å². The Balaban J connectivity index is 1.15. The van der Waals surface area contributed by atoms with Gasteiger partial charge in [0, 0.05) is 42.7 Å². The van der Waals surface area contributed by atoms with Crippen LogP contribution in [-0.2, 0) is 4.79 Å². The summed E-state index contributed by atoms with van der Waals surface area (Å²) in [6.45, 7) is 2.55. The van der Waals surface area contributed by atoms with Crippen molar-refractivity contribution in [2.24, 2.45) is 11.8 Å². The molecule has 1 N–H and O–H groups in total. The molecule has 1 unspecified atom stereocenters. The Labute approximate surface area is 209 Å². The van der Waals surface area contributed by atoms with Crippen LogP contribution in [0.3, 0.4) is 0 Å². The molecule has 11 heteroatoms. The molecule has 188 valence electrons. The minimum Gasteiger partial charge on any atom is -0.339 e. The minimum absolute atomic E-state index is 0.0107. The number of nitrogens with one attached hydrogen (secondary N) is 1. The smallest absolute Gasteiger partial charge is 0.339 e. The van der Waals surface area contributed by atoms with E-state index in [1.165, 1.54) is 18.2 Å². The van der Waals surface area contributed by atoms with E-state index in [0.717, 1.165) is 18.4 Å². The number of likely N-dealkylation sites (tertiary alicyclic amines) is 2. The zero-order chi connectivity index (χ0) is 25.3. The maximum atomic E-state index is 13.1. The summed E-state index contributed by atoms with van der Waals surface area (Å²) in [5.74, 6) is 0.552. The molecule has 0 bridgehead atoms. The molecule has 0 aliphatic carbocycles. The van der Waals surface area contributed by atoms with Crippen LogP contribution in [0, 0.1) is 11.8 Å². The molecule has 2 fully saturated rings. The van der Waals surface area contributed by atoms with Crippen LogP contribution >= 0.6 is 11.8 Å². The first kappa shape index (κ1) is 24.4. The van der Waals surface area contributed by atoms with Gasteiger partial charge in [0.25, 0.3) is 5.91 Å². The summed E-state index contributed by atoms with van der Waals surface area (Å²) in [5, 5.41) is 10.6. The van der Waals surface area contributed by atoms with Gasteiger partial charge in [0.05, 0.1) is 0 Å². The number of alkyl halides is 3. The van der Waals surface area contributed by atoms with Crippen LogP contribution in [0.2, 0.25) is 0 Å². The third-order valence-electron chi connectivity index (χ3n) is 6.81. The van der Waals surface area contributed by atoms with Gasteiger partial charge in [0.2, 0.25) is 5.91 Å². The number of halogens is 3. The number of thioether (sulfide) groups is 1. The molecule has 2 amide bonds. The number of rotatable bonds is 4. The Morgan fingerprint density at radius 1 is 0.944 bits per heavy atom. The number of fused-ring (bicyclic) bond motifs is 2. The van der Waals surface area contributed by atoms with Crippen molar-refractivity contribution in [3.8, 4) is 0 Å². The van der Waals surface area contributed by atoms with Crippen LogP contribution in [0.4, 0.5) is 13.2 Å². The Kier molecular flexibility index (Phi) is 6.74. The van der Waals surface area contributed by atoms with E-state index in [2.05, 4.69) is 15.4 Å². The second-order valence-electron chi connectivity index (χ2n) is 9.11. The van der Waals surface area contributed by atoms with E-state index in [1.807, 2.05) is 9.80 Å². The van der Waals surface area contributed by atoms with E-state index in [9.17, 15) is 22.8 Å². The fraction of sp³-hybridized carbons (Fsp3) is 0.360. The van der Waals surface area contributed by atoms with Crippen molar-refractivity contribution < 1.29 is 22.8 Å². The van der Waals surface area contributed by atoms with Crippen molar-refractivity contribution in [2.45, 2.75) is 23.2 Å². The normalized spacial score (nSPS) is 20.6. The molecule has 3 aromatic rings. The number of hydrogen-bond donors (Lipinski definition) is 1. The monoisotopic (exact) mass is 515 g/mol. The third-order valence-corrected chi connectivity index (χ3v) is 7.55. The standard InChI is InChI=1S/C25H24F3N5O2S/c26-25(27,28)36-20-5-1-16(2-6-20)3-8-23(34)32-11-9-18-14-33(15-19(18)10-12-32)24(35)17-4-7-21-22(13-17)30-31-29-21/h1-8,13,18-19H,9-12,14-15H2,(H,29,30,31)/b8-3+/t18-,19?/m1/s1. The van der Waals surface area contributed by atoms with E-state index in [4.69, 9.17) is 0 Å². The van der Waals surface area contributed by atoms with Crippen LogP contribution in [0.15, 0.2) is 53.4 Å². The topological polar surface area (TPSA) is 82.2 Å². The van der Waals surface area contributed by atoms with Crippen molar-refractivity contribution in [3.05, 3.63) is 59.7 Å². The minimum atomic E-state index is -4.32. The summed E-state index contributed by atoms with van der Waals surface area (Å²) in [6.07, 6.45) is 4.74. The van der Waals surface area contributed by atoms with Gasteiger partial charge in [0.15, 0.2) is 0 Å². The van der Waals surface area contributed by atoms with Crippen molar-refractivity contribution in [2.75, 3.05) is 26.2 Å². The molecule has 36 heavy (non-hydrogen) atoms. The second kappa shape index (κ2) is 9.96. The molecule has 2 aliphatic rings. The molecular weight excluding hydrogens is 491 g/mol. The van der Waals surface area contributed by atoms with Gasteiger partial charge in [-0.25, -0.2) is 0 Å². The molecule has 0 spiro atoms. The highest BCUT2D eigenvalue weighted by Crippen LogP contribution is 2.37. The van der Waals surface area contributed by atoms with Gasteiger partial charge < -0.3 is 9.80 Å². The lowest BCUT2D eigenvalue weighted by Gasteiger charge is -2.21. The zero-order valence-electron chi connectivity index (χ0n) is 19.2. The zero-order valence-corrected chi connectivity index (χ0v) is 20.1. The molecule has 1 aromatic heterocycles. The second-order valence-corrected chi connectivity index (χ2v) is 10.2. The fourth-order valence-corrected chi connectivity index (χ4v) is 5.48. The summed E-state index contributed by atoms with van der Waals surface area (Å²) in [5.41, 5.74) is -1.68. The van der Waals surface area contributed by atoms with Crippen LogP contribution < -0.4 is 0 Å². The van der Waals surface area contributed by atoms with E-state index in [1.54, 1.807) is 36.4 Å². The highest BCUT2D eigenvalue weighted by molar-refractivity contribution is 8.00. The third kappa shape index (κ3) is 5.56. The van der Waals surface area contributed by atoms with Gasteiger partial charge in [-0.2, -0.15) is 28.6 Å². The molecule has 0 radical (unpaired) electrons. The summed E-state index contributed by atoms with van der Waals surface area (Å²) < 4.78 is 37.4. The average molecular weight is 516 g/mol. The van der Waals surface area contributed by atoms with Crippen LogP contribution in [0.1, 0.15) is 28.8 Å². The summed E-state index contributed by atoms with van der Waals surface area (Å²) in [4.78, 5) is 29.6. The van der Waals surface area contributed by atoms with Crippen LogP contribution in [-0.4, -0.2) is 68.7 Å². The number of aromatic amines is 1. The number of nitrogens with zero attached hydrogens (tertiary/aromatic N) is 4. The summed E-state index contributed by atoms with van der Waals surface area (Å²) in [6, 6.07) is 11.2. The number of benzene rings is 2. The molecule has 2 atom stereocenters. The Bertz CT molecular complexity index is 1270. The highest BCUT2D eigenvalue weighted by Gasteiger charge is 2.37. The maximum Gasteiger partial charge on any atom is 0.446 e.